The molecule has 4 aromatic rings. The molecule has 172 valence electrons. The van der Waals surface area contributed by atoms with Crippen molar-refractivity contribution >= 4 is 34.4 Å². The van der Waals surface area contributed by atoms with Gasteiger partial charge in [0, 0.05) is 11.6 Å². The van der Waals surface area contributed by atoms with Crippen molar-refractivity contribution in [3.8, 4) is 17.0 Å². The van der Waals surface area contributed by atoms with Crippen molar-refractivity contribution in [2.24, 2.45) is 0 Å². The van der Waals surface area contributed by atoms with Crippen molar-refractivity contribution in [2.75, 3.05) is 19.0 Å². The summed E-state index contributed by atoms with van der Waals surface area (Å²) < 4.78 is 15.6. The standard InChI is InChI=1S/C23H18N4O7/c1-13-21-16(11-18(25-22(21)34-26-13)14-6-4-3-5-7-14)23(29)33-12-20(28)24-17-9-8-15(27(30)31)10-19(17)32-2/h3-11H,12H2,1-2H3,(H,24,28). The van der Waals surface area contributed by atoms with E-state index in [0.717, 1.165) is 5.56 Å². The van der Waals surface area contributed by atoms with Crippen molar-refractivity contribution < 1.29 is 28.5 Å². The maximum Gasteiger partial charge on any atom is 0.339 e. The Morgan fingerprint density at radius 1 is 1.15 bits per heavy atom. The third-order valence-electron chi connectivity index (χ3n) is 4.91. The van der Waals surface area contributed by atoms with E-state index in [-0.39, 0.29) is 28.4 Å². The van der Waals surface area contributed by atoms with E-state index in [2.05, 4.69) is 15.5 Å². The number of non-ortho nitro benzene ring substituents is 1. The van der Waals surface area contributed by atoms with Crippen LogP contribution in [0.15, 0.2) is 59.1 Å². The van der Waals surface area contributed by atoms with Crippen LogP contribution in [0, 0.1) is 17.0 Å². The molecule has 0 aliphatic carbocycles. The lowest BCUT2D eigenvalue weighted by Gasteiger charge is -2.11. The molecule has 0 bridgehead atoms. The first-order valence-corrected chi connectivity index (χ1v) is 9.99. The molecule has 0 saturated heterocycles. The normalized spacial score (nSPS) is 10.6. The van der Waals surface area contributed by atoms with E-state index in [0.29, 0.717) is 16.8 Å². The number of carbonyl (C=O) groups excluding carboxylic acids is 2. The number of hydrogen-bond acceptors (Lipinski definition) is 9. The lowest BCUT2D eigenvalue weighted by atomic mass is 10.1. The molecule has 1 amide bonds. The first-order valence-electron chi connectivity index (χ1n) is 9.99. The number of nitro groups is 1. The Bertz CT molecular complexity index is 1400. The summed E-state index contributed by atoms with van der Waals surface area (Å²) in [6.07, 6.45) is 0. The smallest absolute Gasteiger partial charge is 0.339 e. The van der Waals surface area contributed by atoms with Gasteiger partial charge in [0.25, 0.3) is 17.3 Å². The molecular weight excluding hydrogens is 444 g/mol. The zero-order valence-corrected chi connectivity index (χ0v) is 18.1. The molecule has 34 heavy (non-hydrogen) atoms. The molecule has 0 unspecified atom stereocenters. The summed E-state index contributed by atoms with van der Waals surface area (Å²) in [5.74, 6) is -1.32. The number of ether oxygens (including phenoxy) is 2. The highest BCUT2D eigenvalue weighted by atomic mass is 16.6. The highest BCUT2D eigenvalue weighted by molar-refractivity contribution is 6.05. The van der Waals surface area contributed by atoms with Gasteiger partial charge in [0.05, 0.1) is 46.1 Å². The minimum atomic E-state index is -0.762. The minimum absolute atomic E-state index is 0.0947. The van der Waals surface area contributed by atoms with Gasteiger partial charge in [0.2, 0.25) is 0 Å². The number of nitro benzene ring substituents is 1. The lowest BCUT2D eigenvalue weighted by Crippen LogP contribution is -2.21. The summed E-state index contributed by atoms with van der Waals surface area (Å²) in [7, 11) is 1.31. The molecule has 2 heterocycles. The van der Waals surface area contributed by atoms with Gasteiger partial charge in [-0.05, 0) is 19.1 Å². The van der Waals surface area contributed by atoms with Gasteiger partial charge in [-0.3, -0.25) is 14.9 Å². The number of pyridine rings is 1. The fourth-order valence-corrected chi connectivity index (χ4v) is 3.30. The third-order valence-corrected chi connectivity index (χ3v) is 4.91. The number of carbonyl (C=O) groups is 2. The Morgan fingerprint density at radius 2 is 1.91 bits per heavy atom. The molecule has 0 spiro atoms. The third kappa shape index (κ3) is 4.53. The monoisotopic (exact) mass is 462 g/mol. The van der Waals surface area contributed by atoms with Crippen molar-refractivity contribution in [2.45, 2.75) is 6.92 Å². The summed E-state index contributed by atoms with van der Waals surface area (Å²) in [4.78, 5) is 40.0. The molecule has 0 radical (unpaired) electrons. The van der Waals surface area contributed by atoms with Gasteiger partial charge in [-0.25, -0.2) is 9.78 Å². The van der Waals surface area contributed by atoms with E-state index in [1.165, 1.54) is 25.3 Å². The van der Waals surface area contributed by atoms with Crippen LogP contribution in [0.5, 0.6) is 5.75 Å². The number of aromatic nitrogens is 2. The van der Waals surface area contributed by atoms with Crippen LogP contribution in [-0.2, 0) is 9.53 Å². The molecule has 0 saturated carbocycles. The van der Waals surface area contributed by atoms with Gasteiger partial charge >= 0.3 is 5.97 Å². The summed E-state index contributed by atoms with van der Waals surface area (Å²) in [6, 6.07) is 14.5. The zero-order chi connectivity index (χ0) is 24.2. The summed E-state index contributed by atoms with van der Waals surface area (Å²) >= 11 is 0. The molecule has 0 atom stereocenters. The average Bonchev–Trinajstić information content (AvgIpc) is 3.23. The summed E-state index contributed by atoms with van der Waals surface area (Å²) in [5.41, 5.74) is 2.03. The largest absolute Gasteiger partial charge is 0.494 e. The maximum absolute atomic E-state index is 12.9. The Labute approximate surface area is 192 Å². The van der Waals surface area contributed by atoms with Gasteiger partial charge in [-0.1, -0.05) is 35.5 Å². The van der Waals surface area contributed by atoms with E-state index in [1.807, 2.05) is 30.3 Å². The number of nitrogens with zero attached hydrogens (tertiary/aromatic N) is 3. The molecule has 11 nitrogen and oxygen atoms in total. The van der Waals surface area contributed by atoms with E-state index < -0.39 is 23.4 Å². The Kier molecular flexibility index (Phi) is 6.17. The van der Waals surface area contributed by atoms with Crippen LogP contribution in [0.3, 0.4) is 0 Å². The number of benzene rings is 2. The average molecular weight is 462 g/mol. The molecule has 0 aliphatic heterocycles. The molecule has 0 aliphatic rings. The summed E-state index contributed by atoms with van der Waals surface area (Å²) in [6.45, 7) is 1.06. The summed E-state index contributed by atoms with van der Waals surface area (Å²) in [5, 5.41) is 17.7. The molecule has 2 aromatic carbocycles. The van der Waals surface area contributed by atoms with Crippen molar-refractivity contribution in [3.05, 3.63) is 76.0 Å². The predicted molar refractivity (Wildman–Crippen MR) is 121 cm³/mol. The molecule has 0 fully saturated rings. The van der Waals surface area contributed by atoms with Crippen LogP contribution in [0.2, 0.25) is 0 Å². The van der Waals surface area contributed by atoms with Gasteiger partial charge < -0.3 is 19.3 Å². The van der Waals surface area contributed by atoms with Crippen LogP contribution in [0.25, 0.3) is 22.4 Å². The highest BCUT2D eigenvalue weighted by Crippen LogP contribution is 2.29. The van der Waals surface area contributed by atoms with Gasteiger partial charge in [-0.2, -0.15) is 0 Å². The highest BCUT2D eigenvalue weighted by Gasteiger charge is 2.22. The lowest BCUT2D eigenvalue weighted by molar-refractivity contribution is -0.384. The van der Waals surface area contributed by atoms with E-state index in [4.69, 9.17) is 14.0 Å². The Balaban J connectivity index is 1.53. The van der Waals surface area contributed by atoms with Crippen molar-refractivity contribution in [1.82, 2.24) is 10.1 Å². The quantitative estimate of drug-likeness (QED) is 0.245. The molecule has 1 N–H and O–H groups in total. The number of aryl methyl sites for hydroxylation is 1. The molecular formula is C23H18N4O7. The Hall–Kier alpha value is -4.80. The van der Waals surface area contributed by atoms with E-state index in [9.17, 15) is 19.7 Å². The van der Waals surface area contributed by atoms with Crippen molar-refractivity contribution in [1.29, 1.82) is 0 Å². The number of amides is 1. The van der Waals surface area contributed by atoms with Crippen molar-refractivity contribution in [3.63, 3.8) is 0 Å². The van der Waals surface area contributed by atoms with E-state index >= 15 is 0 Å². The van der Waals surface area contributed by atoms with Crippen LogP contribution >= 0.6 is 0 Å². The first-order chi connectivity index (χ1) is 16.4. The van der Waals surface area contributed by atoms with Crippen LogP contribution in [0.1, 0.15) is 16.1 Å². The second-order valence-corrected chi connectivity index (χ2v) is 7.14. The molecule has 2 aromatic heterocycles. The topological polar surface area (TPSA) is 147 Å². The van der Waals surface area contributed by atoms with Crippen LogP contribution < -0.4 is 10.1 Å². The maximum atomic E-state index is 12.9. The number of nitrogens with one attached hydrogen (secondary N) is 1. The zero-order valence-electron chi connectivity index (χ0n) is 18.1. The first kappa shape index (κ1) is 22.4. The number of methoxy groups -OCH3 is 1. The second kappa shape index (κ2) is 9.36. The van der Waals surface area contributed by atoms with Gasteiger partial charge in [0.15, 0.2) is 6.61 Å². The predicted octanol–water partition coefficient (Wildman–Crippen LogP) is 3.91. The van der Waals surface area contributed by atoms with Gasteiger partial charge in [0.1, 0.15) is 5.75 Å². The number of hydrogen-bond donors (Lipinski definition) is 1. The Morgan fingerprint density at radius 3 is 2.62 bits per heavy atom. The molecule has 11 heteroatoms. The minimum Gasteiger partial charge on any atom is -0.494 e. The van der Waals surface area contributed by atoms with E-state index in [1.54, 1.807) is 13.0 Å². The fourth-order valence-electron chi connectivity index (χ4n) is 3.30. The number of rotatable bonds is 7. The molecule has 4 rings (SSSR count). The van der Waals surface area contributed by atoms with Crippen LogP contribution in [-0.4, -0.2) is 40.7 Å². The second-order valence-electron chi connectivity index (χ2n) is 7.14. The SMILES string of the molecule is COc1cc([N+](=O)[O-])ccc1NC(=O)COC(=O)c1cc(-c2ccccc2)nc2onc(C)c12. The fraction of sp³-hybridized carbons (Fsp3) is 0.130. The number of esters is 1. The number of anilines is 1. The van der Waals surface area contributed by atoms with Gasteiger partial charge in [-0.15, -0.1) is 0 Å². The van der Waals surface area contributed by atoms with Crippen LogP contribution in [0.4, 0.5) is 11.4 Å². The number of fused-ring (bicyclic) bond motifs is 1.